The Morgan fingerprint density at radius 3 is 2.43 bits per heavy atom. The molecule has 0 aliphatic heterocycles. The van der Waals surface area contributed by atoms with Crippen LogP contribution in [0, 0.1) is 11.3 Å². The van der Waals surface area contributed by atoms with Gasteiger partial charge in [0.05, 0.1) is 6.42 Å². The van der Waals surface area contributed by atoms with Crippen LogP contribution in [-0.4, -0.2) is 11.1 Å². The van der Waals surface area contributed by atoms with Gasteiger partial charge in [0.15, 0.2) is 0 Å². The van der Waals surface area contributed by atoms with E-state index in [1.807, 2.05) is 0 Å². The molecule has 1 unspecified atom stereocenters. The molecule has 0 bridgehead atoms. The third kappa shape index (κ3) is 3.00. The zero-order chi connectivity index (χ0) is 10.6. The van der Waals surface area contributed by atoms with Crippen LogP contribution in [0.15, 0.2) is 0 Å². The van der Waals surface area contributed by atoms with E-state index >= 15 is 0 Å². The minimum atomic E-state index is -0.616. The molecule has 1 fully saturated rings. The number of carbonyl (C=O) groups is 1. The van der Waals surface area contributed by atoms with E-state index in [-0.39, 0.29) is 5.41 Å². The maximum atomic E-state index is 10.8. The van der Waals surface area contributed by atoms with Crippen LogP contribution in [-0.2, 0) is 4.79 Å². The van der Waals surface area contributed by atoms with Crippen LogP contribution in [0.3, 0.4) is 0 Å². The highest BCUT2D eigenvalue weighted by molar-refractivity contribution is 5.67. The van der Waals surface area contributed by atoms with Gasteiger partial charge in [-0.25, -0.2) is 0 Å². The summed E-state index contributed by atoms with van der Waals surface area (Å²) in [7, 11) is 0. The third-order valence-electron chi connectivity index (χ3n) is 3.67. The highest BCUT2D eigenvalue weighted by Gasteiger charge is 2.36. The van der Waals surface area contributed by atoms with E-state index in [0.717, 1.165) is 19.3 Å². The predicted molar refractivity (Wildman–Crippen MR) is 57.2 cm³/mol. The molecule has 0 aromatic heterocycles. The summed E-state index contributed by atoms with van der Waals surface area (Å²) in [5.74, 6) is 0.0580. The Labute approximate surface area is 86.7 Å². The molecule has 0 aromatic carbocycles. The Bertz CT molecular complexity index is 192. The fraction of sp³-hybridized carbons (Fsp3) is 0.917. The lowest BCUT2D eigenvalue weighted by Crippen LogP contribution is -2.23. The Balaban J connectivity index is 2.57. The molecule has 0 heterocycles. The number of carboxylic acids is 1. The van der Waals surface area contributed by atoms with Gasteiger partial charge in [-0.05, 0) is 30.6 Å². The Kier molecular flexibility index (Phi) is 3.97. The largest absolute Gasteiger partial charge is 0.481 e. The number of carboxylic acid groups (broad SMARTS) is 1. The highest BCUT2D eigenvalue weighted by atomic mass is 16.4. The normalized spacial score (nSPS) is 22.1. The lowest BCUT2D eigenvalue weighted by Gasteiger charge is -2.29. The summed E-state index contributed by atoms with van der Waals surface area (Å²) in [4.78, 5) is 10.8. The van der Waals surface area contributed by atoms with Crippen molar-refractivity contribution >= 4 is 5.97 Å². The fourth-order valence-corrected chi connectivity index (χ4v) is 2.78. The van der Waals surface area contributed by atoms with Crippen LogP contribution in [0.25, 0.3) is 0 Å². The second-order valence-corrected chi connectivity index (χ2v) is 5.00. The SMILES string of the molecule is CCC(C)CC1(CC(=O)O)CCCC1. The molecule has 2 nitrogen and oxygen atoms in total. The average molecular weight is 198 g/mol. The van der Waals surface area contributed by atoms with Crippen molar-refractivity contribution in [2.24, 2.45) is 11.3 Å². The van der Waals surface area contributed by atoms with Crippen molar-refractivity contribution in [3.8, 4) is 0 Å². The maximum Gasteiger partial charge on any atom is 0.303 e. The van der Waals surface area contributed by atoms with E-state index in [1.54, 1.807) is 0 Å². The van der Waals surface area contributed by atoms with Crippen LogP contribution in [0.5, 0.6) is 0 Å². The molecular weight excluding hydrogens is 176 g/mol. The third-order valence-corrected chi connectivity index (χ3v) is 3.67. The van der Waals surface area contributed by atoms with Crippen LogP contribution in [0.4, 0.5) is 0 Å². The summed E-state index contributed by atoms with van der Waals surface area (Å²) >= 11 is 0. The highest BCUT2D eigenvalue weighted by Crippen LogP contribution is 2.46. The number of rotatable bonds is 5. The molecule has 1 atom stereocenters. The van der Waals surface area contributed by atoms with Crippen molar-refractivity contribution < 1.29 is 9.90 Å². The lowest BCUT2D eigenvalue weighted by molar-refractivity contribution is -0.140. The molecule has 0 radical (unpaired) electrons. The molecule has 14 heavy (non-hydrogen) atoms. The van der Waals surface area contributed by atoms with Gasteiger partial charge in [-0.15, -0.1) is 0 Å². The summed E-state index contributed by atoms with van der Waals surface area (Å²) in [6, 6.07) is 0. The first-order valence-electron chi connectivity index (χ1n) is 5.80. The minimum absolute atomic E-state index is 0.140. The first kappa shape index (κ1) is 11.5. The van der Waals surface area contributed by atoms with Crippen molar-refractivity contribution in [2.45, 2.75) is 58.8 Å². The fourth-order valence-electron chi connectivity index (χ4n) is 2.78. The van der Waals surface area contributed by atoms with E-state index < -0.39 is 5.97 Å². The van der Waals surface area contributed by atoms with Crippen LogP contribution >= 0.6 is 0 Å². The van der Waals surface area contributed by atoms with Crippen molar-refractivity contribution in [2.75, 3.05) is 0 Å². The summed E-state index contributed by atoms with van der Waals surface area (Å²) in [5, 5.41) is 8.92. The topological polar surface area (TPSA) is 37.3 Å². The van der Waals surface area contributed by atoms with E-state index in [0.29, 0.717) is 12.3 Å². The first-order chi connectivity index (χ1) is 6.58. The van der Waals surface area contributed by atoms with Gasteiger partial charge in [-0.2, -0.15) is 0 Å². The van der Waals surface area contributed by atoms with Crippen LogP contribution < -0.4 is 0 Å². The molecule has 0 saturated heterocycles. The van der Waals surface area contributed by atoms with E-state index in [9.17, 15) is 4.79 Å². The molecule has 1 rings (SSSR count). The average Bonchev–Trinajstić information content (AvgIpc) is 2.51. The van der Waals surface area contributed by atoms with Crippen molar-refractivity contribution in [1.29, 1.82) is 0 Å². The monoisotopic (exact) mass is 198 g/mol. The van der Waals surface area contributed by atoms with E-state index in [4.69, 9.17) is 5.11 Å². The van der Waals surface area contributed by atoms with Crippen molar-refractivity contribution in [3.63, 3.8) is 0 Å². The molecule has 1 N–H and O–H groups in total. The Morgan fingerprint density at radius 2 is 2.00 bits per heavy atom. The Morgan fingerprint density at radius 1 is 1.43 bits per heavy atom. The quantitative estimate of drug-likeness (QED) is 0.734. The second kappa shape index (κ2) is 4.81. The molecule has 82 valence electrons. The van der Waals surface area contributed by atoms with Crippen LogP contribution in [0.2, 0.25) is 0 Å². The first-order valence-corrected chi connectivity index (χ1v) is 5.80. The van der Waals surface area contributed by atoms with E-state index in [2.05, 4.69) is 13.8 Å². The number of aliphatic carboxylic acids is 1. The van der Waals surface area contributed by atoms with Gasteiger partial charge < -0.3 is 5.11 Å². The Hall–Kier alpha value is -0.530. The van der Waals surface area contributed by atoms with Crippen molar-refractivity contribution in [1.82, 2.24) is 0 Å². The second-order valence-electron chi connectivity index (χ2n) is 5.00. The van der Waals surface area contributed by atoms with Crippen LogP contribution in [0.1, 0.15) is 58.8 Å². The predicted octanol–water partition coefficient (Wildman–Crippen LogP) is 3.46. The molecule has 0 aromatic rings. The standard InChI is InChI=1S/C12H22O2/c1-3-10(2)8-12(9-11(13)14)6-4-5-7-12/h10H,3-9H2,1-2H3,(H,13,14). The smallest absolute Gasteiger partial charge is 0.303 e. The molecular formula is C12H22O2. The minimum Gasteiger partial charge on any atom is -0.481 e. The molecule has 1 saturated carbocycles. The number of hydrogen-bond donors (Lipinski definition) is 1. The van der Waals surface area contributed by atoms with Gasteiger partial charge in [0.2, 0.25) is 0 Å². The zero-order valence-electron chi connectivity index (χ0n) is 9.38. The van der Waals surface area contributed by atoms with Gasteiger partial charge in [0.25, 0.3) is 0 Å². The van der Waals surface area contributed by atoms with Gasteiger partial charge >= 0.3 is 5.97 Å². The van der Waals surface area contributed by atoms with Gasteiger partial charge in [-0.1, -0.05) is 33.1 Å². The summed E-state index contributed by atoms with van der Waals surface area (Å²) in [5.41, 5.74) is 0.140. The molecule has 0 amide bonds. The van der Waals surface area contributed by atoms with Gasteiger partial charge in [0, 0.05) is 0 Å². The van der Waals surface area contributed by atoms with E-state index in [1.165, 1.54) is 19.3 Å². The summed E-state index contributed by atoms with van der Waals surface area (Å²) in [6.45, 7) is 4.43. The molecule has 0 spiro atoms. The molecule has 1 aliphatic rings. The zero-order valence-corrected chi connectivity index (χ0v) is 9.38. The van der Waals surface area contributed by atoms with Gasteiger partial charge in [-0.3, -0.25) is 4.79 Å². The summed E-state index contributed by atoms with van der Waals surface area (Å²) in [6.07, 6.45) is 7.37. The van der Waals surface area contributed by atoms with Gasteiger partial charge in [0.1, 0.15) is 0 Å². The lowest BCUT2D eigenvalue weighted by atomic mass is 9.75. The summed E-state index contributed by atoms with van der Waals surface area (Å²) < 4.78 is 0. The maximum absolute atomic E-state index is 10.8. The molecule has 1 aliphatic carbocycles. The molecule has 2 heteroatoms. The van der Waals surface area contributed by atoms with Crippen molar-refractivity contribution in [3.05, 3.63) is 0 Å². The number of hydrogen-bond acceptors (Lipinski definition) is 1.